The summed E-state index contributed by atoms with van der Waals surface area (Å²) in [6, 6.07) is 10.9. The zero-order valence-electron chi connectivity index (χ0n) is 16.4. The third-order valence-corrected chi connectivity index (χ3v) is 4.90. The van der Waals surface area contributed by atoms with E-state index >= 15 is 0 Å². The summed E-state index contributed by atoms with van der Waals surface area (Å²) in [5.74, 6) is -0.288. The largest absolute Gasteiger partial charge is 0.463 e. The van der Waals surface area contributed by atoms with E-state index in [9.17, 15) is 9.59 Å². The van der Waals surface area contributed by atoms with E-state index < -0.39 is 12.1 Å². The molecule has 0 aliphatic carbocycles. The van der Waals surface area contributed by atoms with Crippen LogP contribution in [0.1, 0.15) is 34.2 Å². The second-order valence-electron chi connectivity index (χ2n) is 6.99. The molecule has 2 heterocycles. The van der Waals surface area contributed by atoms with Crippen molar-refractivity contribution >= 4 is 12.1 Å². The zero-order valence-corrected chi connectivity index (χ0v) is 16.4. The average Bonchev–Trinajstić information content (AvgIpc) is 3.41. The minimum Gasteiger partial charge on any atom is -0.463 e. The molecular weight excluding hydrogens is 376 g/mol. The van der Waals surface area contributed by atoms with Crippen molar-refractivity contribution in [2.24, 2.45) is 5.73 Å². The van der Waals surface area contributed by atoms with Crippen LogP contribution < -0.4 is 11.1 Å². The third-order valence-electron chi connectivity index (χ3n) is 4.90. The number of ether oxygens (including phenoxy) is 2. The van der Waals surface area contributed by atoms with E-state index in [0.717, 1.165) is 30.8 Å². The molecule has 0 unspecified atom stereocenters. The van der Waals surface area contributed by atoms with Gasteiger partial charge in [0.15, 0.2) is 0 Å². The Bertz CT molecular complexity index is 810. The fraction of sp³-hybridized carbons (Fsp3) is 0.450. The summed E-state index contributed by atoms with van der Waals surface area (Å²) < 4.78 is 14.9. The minimum atomic E-state index is -0.542. The van der Waals surface area contributed by atoms with Crippen molar-refractivity contribution in [2.75, 3.05) is 33.3 Å². The van der Waals surface area contributed by atoms with Crippen LogP contribution in [-0.2, 0) is 16.1 Å². The minimum absolute atomic E-state index is 0.101. The molecule has 29 heavy (non-hydrogen) atoms. The average molecular weight is 402 g/mol. The van der Waals surface area contributed by atoms with Gasteiger partial charge >= 0.3 is 12.1 Å². The highest BCUT2D eigenvalue weighted by Gasteiger charge is 2.29. The number of benzene rings is 1. The lowest BCUT2D eigenvalue weighted by molar-refractivity contribution is 0.0554. The Morgan fingerprint density at radius 3 is 2.90 bits per heavy atom. The highest BCUT2D eigenvalue weighted by Crippen LogP contribution is 2.27. The monoisotopic (exact) mass is 402 g/mol. The van der Waals surface area contributed by atoms with Gasteiger partial charge in [-0.2, -0.15) is 0 Å². The van der Waals surface area contributed by atoms with E-state index in [2.05, 4.69) is 20.1 Å². The quantitative estimate of drug-likeness (QED) is 0.638. The Kier molecular flexibility index (Phi) is 7.20. The predicted molar refractivity (Wildman–Crippen MR) is 104 cm³/mol. The SMILES string of the molecule is COC(=O)c1cc([C@@H]2CCN(C[C@@H](CN)NC(=O)OCc3ccccc3)C2)no1. The Balaban J connectivity index is 1.45. The Morgan fingerprint density at radius 2 is 2.17 bits per heavy atom. The number of nitrogens with two attached hydrogens (primary N) is 1. The molecule has 2 atom stereocenters. The molecule has 1 aromatic heterocycles. The van der Waals surface area contributed by atoms with Gasteiger partial charge in [0.05, 0.1) is 18.8 Å². The maximum absolute atomic E-state index is 12.1. The number of nitrogens with zero attached hydrogens (tertiary/aromatic N) is 2. The number of carbonyl (C=O) groups is 2. The molecule has 9 heteroatoms. The fourth-order valence-corrected chi connectivity index (χ4v) is 3.34. The molecule has 1 saturated heterocycles. The van der Waals surface area contributed by atoms with Gasteiger partial charge in [-0.1, -0.05) is 35.5 Å². The van der Waals surface area contributed by atoms with Gasteiger partial charge in [0, 0.05) is 31.6 Å². The summed E-state index contributed by atoms with van der Waals surface area (Å²) >= 11 is 0. The van der Waals surface area contributed by atoms with Crippen LogP contribution in [0, 0.1) is 0 Å². The van der Waals surface area contributed by atoms with Crippen LogP contribution in [-0.4, -0.2) is 61.4 Å². The van der Waals surface area contributed by atoms with Gasteiger partial charge in [0.2, 0.25) is 5.76 Å². The first kappa shape index (κ1) is 20.8. The van der Waals surface area contributed by atoms with E-state index in [1.165, 1.54) is 7.11 Å². The highest BCUT2D eigenvalue weighted by molar-refractivity contribution is 5.86. The van der Waals surface area contributed by atoms with Crippen molar-refractivity contribution < 1.29 is 23.6 Å². The number of rotatable bonds is 8. The van der Waals surface area contributed by atoms with Crippen LogP contribution in [0.3, 0.4) is 0 Å². The second kappa shape index (κ2) is 10.0. The van der Waals surface area contributed by atoms with E-state index in [-0.39, 0.29) is 24.3 Å². The number of esters is 1. The number of carbonyl (C=O) groups excluding carboxylic acids is 2. The molecule has 0 radical (unpaired) electrons. The van der Waals surface area contributed by atoms with Gasteiger partial charge in [-0.25, -0.2) is 9.59 Å². The standard InChI is InChI=1S/C20H26N4O5/c1-27-19(25)18-9-17(23-29-18)15-7-8-24(11-15)12-16(10-21)22-20(26)28-13-14-5-3-2-4-6-14/h2-6,9,15-16H,7-8,10-13,21H2,1H3,(H,22,26)/t15-,16-/m1/s1. The van der Waals surface area contributed by atoms with Crippen LogP contribution in [0.4, 0.5) is 4.79 Å². The number of hydrogen-bond donors (Lipinski definition) is 2. The number of methoxy groups -OCH3 is 1. The molecule has 0 spiro atoms. The topological polar surface area (TPSA) is 120 Å². The number of aromatic nitrogens is 1. The lowest BCUT2D eigenvalue weighted by Crippen LogP contribution is -2.47. The number of likely N-dealkylation sites (tertiary alicyclic amines) is 1. The Hall–Kier alpha value is -2.91. The van der Waals surface area contributed by atoms with E-state index in [1.54, 1.807) is 6.07 Å². The first-order valence-electron chi connectivity index (χ1n) is 9.53. The Labute approximate surface area is 169 Å². The number of nitrogens with one attached hydrogen (secondary N) is 1. The van der Waals surface area contributed by atoms with Gasteiger partial charge in [-0.3, -0.25) is 0 Å². The van der Waals surface area contributed by atoms with Gasteiger partial charge in [-0.15, -0.1) is 0 Å². The van der Waals surface area contributed by atoms with Gasteiger partial charge < -0.3 is 29.9 Å². The van der Waals surface area contributed by atoms with Gasteiger partial charge in [0.1, 0.15) is 6.61 Å². The van der Waals surface area contributed by atoms with Crippen molar-refractivity contribution in [3.8, 4) is 0 Å². The summed E-state index contributed by atoms with van der Waals surface area (Å²) in [7, 11) is 1.30. The van der Waals surface area contributed by atoms with Crippen LogP contribution >= 0.6 is 0 Å². The molecule has 1 amide bonds. The second-order valence-corrected chi connectivity index (χ2v) is 6.99. The van der Waals surface area contributed by atoms with Crippen molar-refractivity contribution in [1.82, 2.24) is 15.4 Å². The van der Waals surface area contributed by atoms with E-state index in [0.29, 0.717) is 13.1 Å². The van der Waals surface area contributed by atoms with E-state index in [4.69, 9.17) is 15.0 Å². The lowest BCUT2D eigenvalue weighted by atomic mass is 10.1. The van der Waals surface area contributed by atoms with Crippen molar-refractivity contribution in [3.05, 3.63) is 53.4 Å². The molecule has 1 aliphatic heterocycles. The molecule has 3 N–H and O–H groups in total. The highest BCUT2D eigenvalue weighted by atomic mass is 16.6. The molecule has 1 aliphatic rings. The lowest BCUT2D eigenvalue weighted by Gasteiger charge is -2.23. The number of amides is 1. The van der Waals surface area contributed by atoms with Crippen LogP contribution in [0.15, 0.2) is 40.9 Å². The first-order valence-corrected chi connectivity index (χ1v) is 9.53. The van der Waals surface area contributed by atoms with Crippen molar-refractivity contribution in [3.63, 3.8) is 0 Å². The number of hydrogen-bond acceptors (Lipinski definition) is 8. The molecule has 156 valence electrons. The molecule has 2 aromatic rings. The predicted octanol–water partition coefficient (Wildman–Crippen LogP) is 1.50. The summed E-state index contributed by atoms with van der Waals surface area (Å²) in [5, 5.41) is 6.81. The van der Waals surface area contributed by atoms with Gasteiger partial charge in [-0.05, 0) is 18.5 Å². The molecule has 0 saturated carbocycles. The Morgan fingerprint density at radius 1 is 1.38 bits per heavy atom. The van der Waals surface area contributed by atoms with E-state index in [1.807, 2.05) is 30.3 Å². The van der Waals surface area contributed by atoms with Crippen molar-refractivity contribution in [2.45, 2.75) is 25.0 Å². The fourth-order valence-electron chi connectivity index (χ4n) is 3.34. The number of alkyl carbamates (subject to hydrolysis) is 1. The molecule has 0 bridgehead atoms. The summed E-state index contributed by atoms with van der Waals surface area (Å²) in [4.78, 5) is 25.8. The summed E-state index contributed by atoms with van der Waals surface area (Å²) in [6.07, 6.45) is 0.391. The smallest absolute Gasteiger partial charge is 0.407 e. The van der Waals surface area contributed by atoms with Crippen LogP contribution in [0.2, 0.25) is 0 Å². The molecular formula is C20H26N4O5. The normalized spacial score (nSPS) is 17.7. The molecule has 3 rings (SSSR count). The maximum Gasteiger partial charge on any atom is 0.407 e. The van der Waals surface area contributed by atoms with Crippen LogP contribution in [0.5, 0.6) is 0 Å². The van der Waals surface area contributed by atoms with Gasteiger partial charge in [0.25, 0.3) is 0 Å². The summed E-state index contributed by atoms with van der Waals surface area (Å²) in [5.41, 5.74) is 7.48. The molecule has 1 fully saturated rings. The van der Waals surface area contributed by atoms with Crippen LogP contribution in [0.25, 0.3) is 0 Å². The first-order chi connectivity index (χ1) is 14.1. The van der Waals surface area contributed by atoms with Crippen molar-refractivity contribution in [1.29, 1.82) is 0 Å². The maximum atomic E-state index is 12.1. The zero-order chi connectivity index (χ0) is 20.6. The molecule has 1 aromatic carbocycles. The molecule has 9 nitrogen and oxygen atoms in total. The third kappa shape index (κ3) is 5.78. The summed E-state index contributed by atoms with van der Waals surface area (Å²) in [6.45, 7) is 2.70.